The highest BCUT2D eigenvalue weighted by molar-refractivity contribution is 5.99. The molecule has 0 saturated carbocycles. The number of nitriles is 1. The second-order valence-corrected chi connectivity index (χ2v) is 8.18. The highest BCUT2D eigenvalue weighted by atomic mass is 16.2. The van der Waals surface area contributed by atoms with Gasteiger partial charge in [-0.3, -0.25) is 9.59 Å². The van der Waals surface area contributed by atoms with Crippen LogP contribution in [0.5, 0.6) is 0 Å². The molecule has 3 rings (SSSR count). The van der Waals surface area contributed by atoms with Crippen LogP contribution < -0.4 is 0 Å². The largest absolute Gasteiger partial charge is 0.331 e. The molecule has 2 aromatic rings. The molecule has 1 aliphatic rings. The monoisotopic (exact) mass is 403 g/mol. The summed E-state index contributed by atoms with van der Waals surface area (Å²) in [6, 6.07) is 18.7. The van der Waals surface area contributed by atoms with E-state index in [1.165, 1.54) is 0 Å². The van der Waals surface area contributed by atoms with E-state index < -0.39 is 11.6 Å². The Morgan fingerprint density at radius 1 is 1.07 bits per heavy atom. The molecule has 2 unspecified atom stereocenters. The number of piperazine rings is 1. The molecule has 1 aliphatic heterocycles. The second kappa shape index (κ2) is 9.13. The fraction of sp³-hybridized carbons (Fsp3) is 0.400. The first-order valence-corrected chi connectivity index (χ1v) is 10.5. The second-order valence-electron chi connectivity index (χ2n) is 8.18. The van der Waals surface area contributed by atoms with E-state index in [0.29, 0.717) is 24.9 Å². The minimum Gasteiger partial charge on any atom is -0.331 e. The lowest BCUT2D eigenvalue weighted by Crippen LogP contribution is -2.70. The number of carbonyl (C=O) groups excluding carboxylic acids is 2. The number of unbranched alkanes of at least 4 members (excludes halogenated alkanes) is 1. The third-order valence-corrected chi connectivity index (χ3v) is 6.07. The molecule has 0 N–H and O–H groups in total. The topological polar surface area (TPSA) is 64.4 Å². The molecule has 1 heterocycles. The Morgan fingerprint density at radius 3 is 2.40 bits per heavy atom. The van der Waals surface area contributed by atoms with Gasteiger partial charge in [-0.25, -0.2) is 0 Å². The van der Waals surface area contributed by atoms with Gasteiger partial charge < -0.3 is 9.80 Å². The van der Waals surface area contributed by atoms with E-state index in [9.17, 15) is 14.9 Å². The summed E-state index contributed by atoms with van der Waals surface area (Å²) in [5.41, 5.74) is 1.45. The number of nitrogens with zero attached hydrogens (tertiary/aromatic N) is 3. The highest BCUT2D eigenvalue weighted by Crippen LogP contribution is 2.32. The summed E-state index contributed by atoms with van der Waals surface area (Å²) < 4.78 is 0. The Hall–Kier alpha value is -3.13. The van der Waals surface area contributed by atoms with E-state index in [1.54, 1.807) is 22.9 Å². The normalized spacial score (nSPS) is 21.6. The highest BCUT2D eigenvalue weighted by Gasteiger charge is 2.51. The Labute approximate surface area is 178 Å². The van der Waals surface area contributed by atoms with Gasteiger partial charge in [0, 0.05) is 26.4 Å². The van der Waals surface area contributed by atoms with Gasteiger partial charge in [0.25, 0.3) is 0 Å². The smallest absolute Gasteiger partial charge is 0.249 e. The van der Waals surface area contributed by atoms with Crippen LogP contribution in [0.2, 0.25) is 0 Å². The van der Waals surface area contributed by atoms with Crippen molar-refractivity contribution in [2.75, 3.05) is 13.6 Å². The van der Waals surface area contributed by atoms with Crippen molar-refractivity contribution in [3.63, 3.8) is 0 Å². The number of likely N-dealkylation sites (N-methyl/N-ethyl adjacent to an activating group) is 1. The number of benzene rings is 2. The number of rotatable bonds is 7. The minimum absolute atomic E-state index is 0.0447. The van der Waals surface area contributed by atoms with Crippen molar-refractivity contribution in [3.05, 3.63) is 71.3 Å². The Balaban J connectivity index is 1.96. The summed E-state index contributed by atoms with van der Waals surface area (Å²) in [4.78, 5) is 30.6. The van der Waals surface area contributed by atoms with Crippen molar-refractivity contribution >= 4 is 11.8 Å². The lowest BCUT2D eigenvalue weighted by atomic mass is 9.84. The number of carbonyl (C=O) groups is 2. The average molecular weight is 404 g/mol. The van der Waals surface area contributed by atoms with Gasteiger partial charge in [0.1, 0.15) is 11.6 Å². The van der Waals surface area contributed by atoms with Crippen molar-refractivity contribution < 1.29 is 9.59 Å². The maximum absolute atomic E-state index is 13.6. The van der Waals surface area contributed by atoms with Crippen LogP contribution in [-0.4, -0.2) is 46.8 Å². The van der Waals surface area contributed by atoms with Crippen LogP contribution in [0.3, 0.4) is 0 Å². The van der Waals surface area contributed by atoms with Crippen molar-refractivity contribution in [3.8, 4) is 6.07 Å². The van der Waals surface area contributed by atoms with Crippen LogP contribution in [0.25, 0.3) is 0 Å². The number of hydrogen-bond acceptors (Lipinski definition) is 3. The van der Waals surface area contributed by atoms with Gasteiger partial charge in [0.15, 0.2) is 0 Å². The zero-order chi connectivity index (χ0) is 21.7. The summed E-state index contributed by atoms with van der Waals surface area (Å²) in [7, 11) is 1.71. The molecule has 156 valence electrons. The molecule has 2 atom stereocenters. The molecule has 0 aromatic heterocycles. The Bertz CT molecular complexity index is 950. The van der Waals surface area contributed by atoms with Crippen molar-refractivity contribution in [1.82, 2.24) is 9.80 Å². The lowest BCUT2D eigenvalue weighted by Gasteiger charge is -2.50. The molecule has 1 saturated heterocycles. The predicted octanol–water partition coefficient (Wildman–Crippen LogP) is 3.57. The van der Waals surface area contributed by atoms with Gasteiger partial charge in [-0.15, -0.1) is 0 Å². The van der Waals surface area contributed by atoms with E-state index in [1.807, 2.05) is 55.5 Å². The van der Waals surface area contributed by atoms with E-state index in [2.05, 4.69) is 13.0 Å². The molecule has 0 bridgehead atoms. The molecule has 5 nitrogen and oxygen atoms in total. The molecule has 1 fully saturated rings. The van der Waals surface area contributed by atoms with Crippen LogP contribution in [0.4, 0.5) is 0 Å². The van der Waals surface area contributed by atoms with E-state index in [-0.39, 0.29) is 11.8 Å². The quantitative estimate of drug-likeness (QED) is 0.710. The van der Waals surface area contributed by atoms with Gasteiger partial charge in [0.2, 0.25) is 11.8 Å². The lowest BCUT2D eigenvalue weighted by molar-refractivity contribution is -0.168. The first kappa shape index (κ1) is 21.6. The van der Waals surface area contributed by atoms with E-state index in [0.717, 1.165) is 24.0 Å². The van der Waals surface area contributed by atoms with Gasteiger partial charge >= 0.3 is 0 Å². The minimum atomic E-state index is -0.923. The fourth-order valence-electron chi connectivity index (χ4n) is 4.30. The third-order valence-electron chi connectivity index (χ3n) is 6.07. The predicted molar refractivity (Wildman–Crippen MR) is 117 cm³/mol. The first-order valence-electron chi connectivity index (χ1n) is 10.5. The molecule has 0 radical (unpaired) electrons. The summed E-state index contributed by atoms with van der Waals surface area (Å²) in [5, 5.41) is 9.42. The average Bonchev–Trinajstić information content (AvgIpc) is 2.76. The van der Waals surface area contributed by atoms with Crippen LogP contribution in [0, 0.1) is 11.3 Å². The Morgan fingerprint density at radius 2 is 1.73 bits per heavy atom. The van der Waals surface area contributed by atoms with Gasteiger partial charge in [-0.2, -0.15) is 5.26 Å². The van der Waals surface area contributed by atoms with Gasteiger partial charge in [0.05, 0.1) is 11.6 Å². The maximum Gasteiger partial charge on any atom is 0.249 e. The fourth-order valence-corrected chi connectivity index (χ4v) is 4.30. The molecule has 2 amide bonds. The molecule has 0 spiro atoms. The summed E-state index contributed by atoms with van der Waals surface area (Å²) in [5.74, 6) is -0.0989. The molecule has 5 heteroatoms. The summed E-state index contributed by atoms with van der Waals surface area (Å²) in [6.07, 6.45) is 2.61. The summed E-state index contributed by atoms with van der Waals surface area (Å²) in [6.45, 7) is 4.51. The molecule has 2 aromatic carbocycles. The van der Waals surface area contributed by atoms with Gasteiger partial charge in [-0.05, 0) is 30.5 Å². The van der Waals surface area contributed by atoms with Crippen LogP contribution in [-0.2, 0) is 22.4 Å². The molecular formula is C25H29N3O2. The standard InChI is InChI=1S/C25H29N3O2/c1-4-5-15-28-23(29)22(16-20-13-9-10-14-21(20)18-26)27(3)24(30)25(28,2)17-19-11-7-6-8-12-19/h6-14,22H,4-5,15-17H2,1-3H3. The van der Waals surface area contributed by atoms with E-state index >= 15 is 0 Å². The zero-order valence-electron chi connectivity index (χ0n) is 18.0. The van der Waals surface area contributed by atoms with Crippen molar-refractivity contribution in [1.29, 1.82) is 5.26 Å². The van der Waals surface area contributed by atoms with Crippen molar-refractivity contribution in [2.24, 2.45) is 0 Å². The SMILES string of the molecule is CCCCN1C(=O)C(Cc2ccccc2C#N)N(C)C(=O)C1(C)Cc1ccccc1. The zero-order valence-corrected chi connectivity index (χ0v) is 18.0. The van der Waals surface area contributed by atoms with Gasteiger partial charge in [-0.1, -0.05) is 61.9 Å². The number of amides is 2. The Kier molecular flexibility index (Phi) is 6.56. The maximum atomic E-state index is 13.6. The molecule has 0 aliphatic carbocycles. The number of hydrogen-bond donors (Lipinski definition) is 0. The molecular weight excluding hydrogens is 374 g/mol. The van der Waals surface area contributed by atoms with Crippen LogP contribution in [0.15, 0.2) is 54.6 Å². The first-order chi connectivity index (χ1) is 14.4. The third kappa shape index (κ3) is 4.09. The van der Waals surface area contributed by atoms with Crippen molar-refractivity contribution in [2.45, 2.75) is 51.1 Å². The van der Waals surface area contributed by atoms with E-state index in [4.69, 9.17) is 0 Å². The van der Waals surface area contributed by atoms with Crippen LogP contribution >= 0.6 is 0 Å². The summed E-state index contributed by atoms with van der Waals surface area (Å²) >= 11 is 0. The molecule has 30 heavy (non-hydrogen) atoms. The van der Waals surface area contributed by atoms with Crippen LogP contribution in [0.1, 0.15) is 43.4 Å².